The molecule has 1 aliphatic carbocycles. The number of benzene rings is 1. The zero-order valence-electron chi connectivity index (χ0n) is 13.4. The number of hydrogen-bond acceptors (Lipinski definition) is 3. The van der Waals surface area contributed by atoms with Crippen LogP contribution in [0.3, 0.4) is 0 Å². The molecule has 0 bridgehead atoms. The molecule has 118 valence electrons. The van der Waals surface area contributed by atoms with Crippen molar-refractivity contribution in [1.29, 1.82) is 0 Å². The van der Waals surface area contributed by atoms with E-state index in [1.54, 1.807) is 7.11 Å². The van der Waals surface area contributed by atoms with Crippen LogP contribution in [0.4, 0.5) is 0 Å². The van der Waals surface area contributed by atoms with Gasteiger partial charge < -0.3 is 14.8 Å². The average Bonchev–Trinajstić information content (AvgIpc) is 3.32. The number of unbranched alkanes of at least 4 members (excludes halogenated alkanes) is 1. The Morgan fingerprint density at radius 1 is 1.10 bits per heavy atom. The summed E-state index contributed by atoms with van der Waals surface area (Å²) in [6.45, 7) is 5.45. The second kappa shape index (κ2) is 9.19. The Bertz CT molecular complexity index is 387. The fourth-order valence-electron chi connectivity index (χ4n) is 2.59. The van der Waals surface area contributed by atoms with Crippen LogP contribution in [0.25, 0.3) is 0 Å². The molecule has 0 spiro atoms. The van der Waals surface area contributed by atoms with E-state index in [1.165, 1.54) is 30.4 Å². The van der Waals surface area contributed by atoms with Crippen molar-refractivity contribution < 1.29 is 9.47 Å². The maximum Gasteiger partial charge on any atom is 0.0700 e. The van der Waals surface area contributed by atoms with E-state index in [4.69, 9.17) is 9.47 Å². The van der Waals surface area contributed by atoms with Crippen LogP contribution in [0.1, 0.15) is 42.9 Å². The summed E-state index contributed by atoms with van der Waals surface area (Å²) in [7, 11) is 1.70. The predicted octanol–water partition coefficient (Wildman–Crippen LogP) is 3.48. The third kappa shape index (κ3) is 6.16. The first kappa shape index (κ1) is 16.5. The normalized spacial score (nSPS) is 16.1. The van der Waals surface area contributed by atoms with Gasteiger partial charge in [-0.15, -0.1) is 0 Å². The van der Waals surface area contributed by atoms with E-state index in [0.717, 1.165) is 25.5 Å². The van der Waals surface area contributed by atoms with Gasteiger partial charge in [0, 0.05) is 19.8 Å². The number of methoxy groups -OCH3 is 1. The summed E-state index contributed by atoms with van der Waals surface area (Å²) >= 11 is 0. The highest BCUT2D eigenvalue weighted by atomic mass is 16.5. The molecular weight excluding hydrogens is 262 g/mol. The Hall–Kier alpha value is -0.900. The second-order valence-electron chi connectivity index (χ2n) is 5.99. The van der Waals surface area contributed by atoms with Crippen molar-refractivity contribution in [2.75, 3.05) is 33.5 Å². The van der Waals surface area contributed by atoms with Gasteiger partial charge in [0.1, 0.15) is 0 Å². The van der Waals surface area contributed by atoms with E-state index in [2.05, 4.69) is 36.5 Å². The van der Waals surface area contributed by atoms with Crippen LogP contribution in [0.5, 0.6) is 0 Å². The minimum atomic E-state index is 0.542. The Labute approximate surface area is 129 Å². The standard InChI is InChI=1S/C18H29NO2/c1-15-5-7-16(8-6-15)18(17-9-10-17)19-11-3-4-12-21-14-13-20-2/h5-8,17-19H,3-4,9-14H2,1-2H3. The highest BCUT2D eigenvalue weighted by Crippen LogP contribution is 2.40. The summed E-state index contributed by atoms with van der Waals surface area (Å²) in [6, 6.07) is 9.53. The first-order valence-corrected chi connectivity index (χ1v) is 8.18. The van der Waals surface area contributed by atoms with E-state index in [0.29, 0.717) is 19.3 Å². The molecule has 1 fully saturated rings. The highest BCUT2D eigenvalue weighted by molar-refractivity contribution is 5.25. The monoisotopic (exact) mass is 291 g/mol. The molecule has 0 radical (unpaired) electrons. The molecule has 1 aliphatic rings. The van der Waals surface area contributed by atoms with Gasteiger partial charge in [-0.05, 0) is 50.6 Å². The fraction of sp³-hybridized carbons (Fsp3) is 0.667. The maximum absolute atomic E-state index is 5.49. The molecule has 0 amide bonds. The number of ether oxygens (including phenoxy) is 2. The van der Waals surface area contributed by atoms with Crippen molar-refractivity contribution in [2.45, 2.75) is 38.6 Å². The van der Waals surface area contributed by atoms with Gasteiger partial charge in [0.15, 0.2) is 0 Å². The molecule has 21 heavy (non-hydrogen) atoms. The lowest BCUT2D eigenvalue weighted by Gasteiger charge is -2.19. The van der Waals surface area contributed by atoms with Gasteiger partial charge in [0.2, 0.25) is 0 Å². The molecule has 1 aromatic carbocycles. The van der Waals surface area contributed by atoms with Gasteiger partial charge in [-0.25, -0.2) is 0 Å². The van der Waals surface area contributed by atoms with Gasteiger partial charge in [-0.1, -0.05) is 29.8 Å². The molecule has 0 aliphatic heterocycles. The molecule has 1 saturated carbocycles. The van der Waals surface area contributed by atoms with E-state index < -0.39 is 0 Å². The maximum atomic E-state index is 5.49. The quantitative estimate of drug-likeness (QED) is 0.633. The zero-order chi connectivity index (χ0) is 14.9. The Morgan fingerprint density at radius 3 is 2.52 bits per heavy atom. The van der Waals surface area contributed by atoms with Crippen LogP contribution in [0, 0.1) is 12.8 Å². The van der Waals surface area contributed by atoms with Crippen LogP contribution in [-0.4, -0.2) is 33.5 Å². The van der Waals surface area contributed by atoms with Crippen molar-refractivity contribution in [3.8, 4) is 0 Å². The molecule has 1 unspecified atom stereocenters. The first-order chi connectivity index (χ1) is 10.3. The lowest BCUT2D eigenvalue weighted by molar-refractivity contribution is 0.0687. The average molecular weight is 291 g/mol. The lowest BCUT2D eigenvalue weighted by Crippen LogP contribution is -2.24. The fourth-order valence-corrected chi connectivity index (χ4v) is 2.59. The van der Waals surface area contributed by atoms with E-state index in [-0.39, 0.29) is 0 Å². The smallest absolute Gasteiger partial charge is 0.0700 e. The minimum absolute atomic E-state index is 0.542. The topological polar surface area (TPSA) is 30.5 Å². The number of rotatable bonds is 11. The highest BCUT2D eigenvalue weighted by Gasteiger charge is 2.31. The summed E-state index contributed by atoms with van der Waals surface area (Å²) in [5.41, 5.74) is 2.78. The van der Waals surface area contributed by atoms with Crippen LogP contribution in [0.15, 0.2) is 24.3 Å². The van der Waals surface area contributed by atoms with Gasteiger partial charge >= 0.3 is 0 Å². The van der Waals surface area contributed by atoms with Crippen molar-refractivity contribution in [1.82, 2.24) is 5.32 Å². The third-order valence-corrected chi connectivity index (χ3v) is 4.04. The molecular formula is C18H29NO2. The van der Waals surface area contributed by atoms with Crippen LogP contribution < -0.4 is 5.32 Å². The van der Waals surface area contributed by atoms with Crippen molar-refractivity contribution in [2.24, 2.45) is 5.92 Å². The first-order valence-electron chi connectivity index (χ1n) is 8.18. The molecule has 0 aromatic heterocycles. The molecule has 3 nitrogen and oxygen atoms in total. The van der Waals surface area contributed by atoms with Crippen molar-refractivity contribution in [3.63, 3.8) is 0 Å². The Morgan fingerprint density at radius 2 is 1.86 bits per heavy atom. The molecule has 0 saturated heterocycles. The molecule has 0 heterocycles. The Balaban J connectivity index is 1.64. The van der Waals surface area contributed by atoms with Crippen molar-refractivity contribution >= 4 is 0 Å². The van der Waals surface area contributed by atoms with E-state index in [1.807, 2.05) is 0 Å². The van der Waals surface area contributed by atoms with Gasteiger partial charge in [-0.2, -0.15) is 0 Å². The summed E-state index contributed by atoms with van der Waals surface area (Å²) in [5.74, 6) is 0.839. The minimum Gasteiger partial charge on any atom is -0.382 e. The largest absolute Gasteiger partial charge is 0.382 e. The summed E-state index contributed by atoms with van der Waals surface area (Å²) in [6.07, 6.45) is 5.02. The third-order valence-electron chi connectivity index (χ3n) is 4.04. The summed E-state index contributed by atoms with van der Waals surface area (Å²) in [4.78, 5) is 0. The second-order valence-corrected chi connectivity index (χ2v) is 5.99. The van der Waals surface area contributed by atoms with Crippen molar-refractivity contribution in [3.05, 3.63) is 35.4 Å². The summed E-state index contributed by atoms with van der Waals surface area (Å²) in [5, 5.41) is 3.74. The predicted molar refractivity (Wildman–Crippen MR) is 86.6 cm³/mol. The lowest BCUT2D eigenvalue weighted by atomic mass is 10.0. The number of nitrogens with one attached hydrogen (secondary N) is 1. The molecule has 1 atom stereocenters. The SMILES string of the molecule is COCCOCCCCNC(c1ccc(C)cc1)C1CC1. The van der Waals surface area contributed by atoms with Gasteiger partial charge in [-0.3, -0.25) is 0 Å². The molecule has 1 N–H and O–H groups in total. The molecule has 3 heteroatoms. The van der Waals surface area contributed by atoms with Gasteiger partial charge in [0.25, 0.3) is 0 Å². The Kier molecular flexibility index (Phi) is 7.20. The number of aryl methyl sites for hydroxylation is 1. The molecule has 2 rings (SSSR count). The van der Waals surface area contributed by atoms with Crippen LogP contribution in [-0.2, 0) is 9.47 Å². The summed E-state index contributed by atoms with van der Waals surface area (Å²) < 4.78 is 10.4. The van der Waals surface area contributed by atoms with E-state index in [9.17, 15) is 0 Å². The molecule has 1 aromatic rings. The zero-order valence-corrected chi connectivity index (χ0v) is 13.4. The number of hydrogen-bond donors (Lipinski definition) is 1. The van der Waals surface area contributed by atoms with E-state index >= 15 is 0 Å². The van der Waals surface area contributed by atoms with Crippen LogP contribution in [0.2, 0.25) is 0 Å². The van der Waals surface area contributed by atoms with Crippen LogP contribution >= 0.6 is 0 Å². The van der Waals surface area contributed by atoms with Gasteiger partial charge in [0.05, 0.1) is 13.2 Å².